The van der Waals surface area contributed by atoms with Crippen molar-refractivity contribution in [2.75, 3.05) is 6.61 Å². The van der Waals surface area contributed by atoms with E-state index in [2.05, 4.69) is 20.9 Å². The Morgan fingerprint density at radius 1 is 1.22 bits per heavy atom. The van der Waals surface area contributed by atoms with Crippen LogP contribution in [-0.4, -0.2) is 24.4 Å². The highest BCUT2D eigenvalue weighted by atomic mass is 79.9. The van der Waals surface area contributed by atoms with Crippen molar-refractivity contribution in [3.05, 3.63) is 63.8 Å². The number of ether oxygens (including phenoxy) is 3. The van der Waals surface area contributed by atoms with Gasteiger partial charge in [0.2, 0.25) is 5.90 Å². The van der Waals surface area contributed by atoms with Crippen LogP contribution in [0.3, 0.4) is 0 Å². The molecule has 0 bridgehead atoms. The van der Waals surface area contributed by atoms with E-state index in [-0.39, 0.29) is 11.6 Å². The number of cyclic esters (lactones) is 1. The average Bonchev–Trinajstić information content (AvgIpc) is 3.00. The minimum absolute atomic E-state index is 0.164. The first-order valence-corrected chi connectivity index (χ1v) is 9.00. The zero-order chi connectivity index (χ0) is 19.4. The Bertz CT molecular complexity index is 950. The molecule has 0 saturated carbocycles. The maximum atomic E-state index is 12.2. The summed E-state index contributed by atoms with van der Waals surface area (Å²) >= 11 is 3.42. The summed E-state index contributed by atoms with van der Waals surface area (Å²) in [5, 5.41) is 0. The van der Waals surface area contributed by atoms with Gasteiger partial charge in [0, 0.05) is 17.0 Å². The molecule has 1 aliphatic heterocycles. The van der Waals surface area contributed by atoms with Crippen molar-refractivity contribution in [1.29, 1.82) is 0 Å². The first-order chi connectivity index (χ1) is 13.0. The topological polar surface area (TPSA) is 74.2 Å². The lowest BCUT2D eigenvalue weighted by Gasteiger charge is -2.12. The number of esters is 2. The van der Waals surface area contributed by atoms with Gasteiger partial charge in [-0.25, -0.2) is 9.79 Å². The predicted molar refractivity (Wildman–Crippen MR) is 104 cm³/mol. The largest absolute Gasteiger partial charge is 0.490 e. The minimum atomic E-state index is -0.539. The van der Waals surface area contributed by atoms with Crippen molar-refractivity contribution >= 4 is 39.8 Å². The summed E-state index contributed by atoms with van der Waals surface area (Å²) in [6.07, 6.45) is 1.59. The highest BCUT2D eigenvalue weighted by Gasteiger charge is 2.24. The summed E-state index contributed by atoms with van der Waals surface area (Å²) < 4.78 is 16.6. The van der Waals surface area contributed by atoms with Crippen LogP contribution in [-0.2, 0) is 14.3 Å². The second-order valence-corrected chi connectivity index (χ2v) is 6.40. The van der Waals surface area contributed by atoms with Crippen LogP contribution in [0.1, 0.15) is 25.0 Å². The molecular weight excluding hydrogens is 414 g/mol. The molecule has 0 saturated heterocycles. The van der Waals surface area contributed by atoms with E-state index in [0.717, 1.165) is 0 Å². The van der Waals surface area contributed by atoms with Crippen molar-refractivity contribution in [2.45, 2.75) is 13.8 Å². The molecule has 0 N–H and O–H groups in total. The summed E-state index contributed by atoms with van der Waals surface area (Å²) in [4.78, 5) is 27.7. The zero-order valence-electron chi connectivity index (χ0n) is 14.7. The lowest BCUT2D eigenvalue weighted by molar-refractivity contribution is -0.132. The molecule has 1 heterocycles. The quantitative estimate of drug-likeness (QED) is 0.406. The molecule has 7 heteroatoms. The van der Waals surface area contributed by atoms with Crippen LogP contribution in [0.25, 0.3) is 6.08 Å². The zero-order valence-corrected chi connectivity index (χ0v) is 16.3. The van der Waals surface area contributed by atoms with Gasteiger partial charge in [0.1, 0.15) is 0 Å². The molecule has 6 nitrogen and oxygen atoms in total. The Morgan fingerprint density at radius 2 is 1.96 bits per heavy atom. The molecule has 0 fully saturated rings. The maximum absolute atomic E-state index is 12.2. The fraction of sp³-hybridized carbons (Fsp3) is 0.150. The number of carbonyl (C=O) groups is 2. The van der Waals surface area contributed by atoms with E-state index in [1.807, 2.05) is 37.3 Å². The average molecular weight is 430 g/mol. The van der Waals surface area contributed by atoms with E-state index in [4.69, 9.17) is 14.2 Å². The molecule has 0 amide bonds. The van der Waals surface area contributed by atoms with E-state index in [1.165, 1.54) is 6.92 Å². The van der Waals surface area contributed by atoms with Crippen molar-refractivity contribution in [3.8, 4) is 11.5 Å². The number of hydrogen-bond donors (Lipinski definition) is 0. The van der Waals surface area contributed by atoms with Crippen LogP contribution in [0.15, 0.2) is 57.6 Å². The molecule has 3 rings (SSSR count). The van der Waals surface area contributed by atoms with Gasteiger partial charge >= 0.3 is 11.9 Å². The summed E-state index contributed by atoms with van der Waals surface area (Å²) in [6, 6.07) is 12.5. The predicted octanol–water partition coefficient (Wildman–Crippen LogP) is 4.12. The van der Waals surface area contributed by atoms with Crippen LogP contribution in [0.4, 0.5) is 0 Å². The molecular formula is C20H16BrNO5. The monoisotopic (exact) mass is 429 g/mol. The molecule has 0 unspecified atom stereocenters. The Hall–Kier alpha value is -2.93. The molecule has 0 radical (unpaired) electrons. The molecule has 138 valence electrons. The molecule has 0 aromatic heterocycles. The van der Waals surface area contributed by atoms with Gasteiger partial charge in [-0.05, 0) is 42.8 Å². The lowest BCUT2D eigenvalue weighted by atomic mass is 10.1. The SMILES string of the molecule is CCOc1cc(/C=C2\N=C(c3ccccc3)OC2=O)c(Br)cc1OC(C)=O. The van der Waals surface area contributed by atoms with E-state index in [1.54, 1.807) is 18.2 Å². The summed E-state index contributed by atoms with van der Waals surface area (Å²) in [5.41, 5.74) is 1.52. The van der Waals surface area contributed by atoms with Crippen LogP contribution in [0.2, 0.25) is 0 Å². The minimum Gasteiger partial charge on any atom is -0.490 e. The first kappa shape index (κ1) is 18.8. The highest BCUT2D eigenvalue weighted by molar-refractivity contribution is 9.10. The molecule has 0 aliphatic carbocycles. The van der Waals surface area contributed by atoms with Gasteiger partial charge in [-0.1, -0.05) is 34.1 Å². The normalized spacial score (nSPS) is 14.7. The van der Waals surface area contributed by atoms with Gasteiger partial charge in [0.05, 0.1) is 6.61 Å². The fourth-order valence-corrected chi connectivity index (χ4v) is 2.86. The lowest BCUT2D eigenvalue weighted by Crippen LogP contribution is -2.05. The second kappa shape index (κ2) is 8.18. The Labute approximate surface area is 164 Å². The summed E-state index contributed by atoms with van der Waals surface area (Å²) in [5.74, 6) is -0.0556. The Kier molecular flexibility index (Phi) is 5.71. The van der Waals surface area contributed by atoms with Gasteiger partial charge in [0.25, 0.3) is 0 Å². The number of aliphatic imine (C=N–C) groups is 1. The van der Waals surface area contributed by atoms with Gasteiger partial charge in [-0.3, -0.25) is 4.79 Å². The molecule has 0 atom stereocenters. The molecule has 1 aliphatic rings. The van der Waals surface area contributed by atoms with Gasteiger partial charge in [-0.2, -0.15) is 0 Å². The highest BCUT2D eigenvalue weighted by Crippen LogP contribution is 2.35. The third-order valence-corrected chi connectivity index (χ3v) is 4.24. The number of benzene rings is 2. The van der Waals surface area contributed by atoms with Crippen LogP contribution >= 0.6 is 15.9 Å². The Morgan fingerprint density at radius 3 is 2.63 bits per heavy atom. The van der Waals surface area contributed by atoms with Gasteiger partial charge in [-0.15, -0.1) is 0 Å². The van der Waals surface area contributed by atoms with E-state index >= 15 is 0 Å². The summed E-state index contributed by atoms with van der Waals surface area (Å²) in [7, 11) is 0. The third kappa shape index (κ3) is 4.43. The van der Waals surface area contributed by atoms with E-state index < -0.39 is 11.9 Å². The van der Waals surface area contributed by atoms with Crippen molar-refractivity contribution < 1.29 is 23.8 Å². The summed E-state index contributed by atoms with van der Waals surface area (Å²) in [6.45, 7) is 3.53. The van der Waals surface area contributed by atoms with Crippen molar-refractivity contribution in [2.24, 2.45) is 4.99 Å². The molecule has 27 heavy (non-hydrogen) atoms. The number of nitrogens with zero attached hydrogens (tertiary/aromatic N) is 1. The van der Waals surface area contributed by atoms with Crippen LogP contribution in [0.5, 0.6) is 11.5 Å². The fourth-order valence-electron chi connectivity index (χ4n) is 2.43. The number of halogens is 1. The standard InChI is InChI=1S/C20H16BrNO5/c1-3-25-17-10-14(15(21)11-18(17)26-12(2)23)9-16-20(24)27-19(22-16)13-7-5-4-6-8-13/h4-11H,3H2,1-2H3/b16-9-. The number of rotatable bonds is 5. The van der Waals surface area contributed by atoms with Crippen LogP contribution < -0.4 is 9.47 Å². The number of hydrogen-bond acceptors (Lipinski definition) is 6. The van der Waals surface area contributed by atoms with Gasteiger partial charge < -0.3 is 14.2 Å². The van der Waals surface area contributed by atoms with Crippen LogP contribution in [0, 0.1) is 0 Å². The Balaban J connectivity index is 1.98. The molecule has 0 spiro atoms. The second-order valence-electron chi connectivity index (χ2n) is 5.55. The molecule has 2 aromatic carbocycles. The van der Waals surface area contributed by atoms with Gasteiger partial charge in [0.15, 0.2) is 17.2 Å². The molecule has 2 aromatic rings. The smallest absolute Gasteiger partial charge is 0.363 e. The van der Waals surface area contributed by atoms with E-state index in [0.29, 0.717) is 33.7 Å². The van der Waals surface area contributed by atoms with E-state index in [9.17, 15) is 9.59 Å². The number of carbonyl (C=O) groups excluding carboxylic acids is 2. The third-order valence-electron chi connectivity index (χ3n) is 3.55. The van der Waals surface area contributed by atoms with Crippen molar-refractivity contribution in [1.82, 2.24) is 0 Å². The first-order valence-electron chi connectivity index (χ1n) is 8.20. The maximum Gasteiger partial charge on any atom is 0.363 e. The van der Waals surface area contributed by atoms with Crippen molar-refractivity contribution in [3.63, 3.8) is 0 Å².